The van der Waals surface area contributed by atoms with Crippen molar-refractivity contribution in [1.29, 1.82) is 0 Å². The number of benzene rings is 2. The van der Waals surface area contributed by atoms with Gasteiger partial charge in [-0.15, -0.1) is 0 Å². The van der Waals surface area contributed by atoms with Gasteiger partial charge < -0.3 is 0 Å². The fourth-order valence-corrected chi connectivity index (χ4v) is 3.76. The maximum Gasteiger partial charge on any atom is 0.269 e. The largest absolute Gasteiger partial charge is 0.269 e. The quantitative estimate of drug-likeness (QED) is 0.276. The van der Waals surface area contributed by atoms with E-state index in [-0.39, 0.29) is 39.2 Å². The number of rotatable bonds is 3. The van der Waals surface area contributed by atoms with E-state index in [1.807, 2.05) is 0 Å². The summed E-state index contributed by atoms with van der Waals surface area (Å²) in [5, 5.41) is 15.4. The van der Waals surface area contributed by atoms with Crippen molar-refractivity contribution in [1.82, 2.24) is 14.8 Å². The van der Waals surface area contributed by atoms with Crippen LogP contribution in [0.25, 0.3) is 16.7 Å². The lowest BCUT2D eigenvalue weighted by atomic mass is 10.1. The number of nitrogens with zero attached hydrogens (tertiary/aromatic N) is 5. The van der Waals surface area contributed by atoms with Crippen LogP contribution in [0, 0.1) is 28.7 Å². The second kappa shape index (κ2) is 6.74. The lowest BCUT2D eigenvalue weighted by molar-refractivity contribution is -0.384. The third-order valence-electron chi connectivity index (χ3n) is 5.13. The predicted molar refractivity (Wildman–Crippen MR) is 108 cm³/mol. The van der Waals surface area contributed by atoms with Crippen molar-refractivity contribution in [3.63, 3.8) is 0 Å². The summed E-state index contributed by atoms with van der Waals surface area (Å²) in [7, 11) is 0. The molecule has 3 heterocycles. The van der Waals surface area contributed by atoms with Crippen LogP contribution in [0.4, 0.5) is 20.2 Å². The first-order chi connectivity index (χ1) is 15.3. The molecule has 2 amide bonds. The second-order valence-electron chi connectivity index (χ2n) is 7.09. The van der Waals surface area contributed by atoms with Gasteiger partial charge in [-0.25, -0.2) is 23.3 Å². The van der Waals surface area contributed by atoms with Gasteiger partial charge in [0.1, 0.15) is 11.6 Å². The van der Waals surface area contributed by atoms with E-state index in [4.69, 9.17) is 0 Å². The molecule has 9 nitrogen and oxygen atoms in total. The molecule has 0 unspecified atom stereocenters. The summed E-state index contributed by atoms with van der Waals surface area (Å²) in [6.07, 6.45) is 1.20. The first kappa shape index (κ1) is 19.4. The molecular formula is C21H11F2N5O4. The Morgan fingerprint density at radius 2 is 1.62 bits per heavy atom. The molecule has 1 aliphatic heterocycles. The summed E-state index contributed by atoms with van der Waals surface area (Å²) < 4.78 is 28.6. The number of halogens is 2. The van der Waals surface area contributed by atoms with Crippen molar-refractivity contribution in [3.05, 3.63) is 87.2 Å². The number of aryl methyl sites for hydroxylation is 1. The number of imide groups is 1. The highest BCUT2D eigenvalue weighted by Crippen LogP contribution is 2.35. The minimum atomic E-state index is -0.807. The number of carbonyl (C=O) groups is 2. The molecule has 2 aromatic carbocycles. The van der Waals surface area contributed by atoms with E-state index in [0.29, 0.717) is 5.69 Å². The number of amides is 2. The molecule has 2 aromatic heterocycles. The van der Waals surface area contributed by atoms with Crippen molar-refractivity contribution >= 4 is 34.2 Å². The predicted octanol–water partition coefficient (Wildman–Crippen LogP) is 3.72. The fraction of sp³-hybridized carbons (Fsp3) is 0.0476. The van der Waals surface area contributed by atoms with Crippen LogP contribution in [-0.2, 0) is 0 Å². The number of aromatic nitrogens is 3. The summed E-state index contributed by atoms with van der Waals surface area (Å²) in [6, 6.07) is 7.84. The SMILES string of the molecule is Cc1nn(-c2cc(F)cc(F)c2)c2ncc3c(c12)C(=O)N(c1ccc([N+](=O)[O-])cc1)C3=O. The van der Waals surface area contributed by atoms with E-state index in [9.17, 15) is 28.5 Å². The Balaban J connectivity index is 1.67. The Kier molecular flexibility index (Phi) is 4.09. The summed E-state index contributed by atoms with van der Waals surface area (Å²) in [5.74, 6) is -2.91. The van der Waals surface area contributed by atoms with Crippen LogP contribution in [0.1, 0.15) is 26.4 Å². The first-order valence-corrected chi connectivity index (χ1v) is 9.24. The molecule has 0 atom stereocenters. The van der Waals surface area contributed by atoms with Crippen molar-refractivity contribution in [2.75, 3.05) is 4.90 Å². The molecule has 1 aliphatic rings. The maximum absolute atomic E-state index is 13.7. The molecule has 0 aliphatic carbocycles. The third-order valence-corrected chi connectivity index (χ3v) is 5.13. The molecule has 32 heavy (non-hydrogen) atoms. The highest BCUT2D eigenvalue weighted by molar-refractivity contribution is 6.37. The van der Waals surface area contributed by atoms with Gasteiger partial charge >= 0.3 is 0 Å². The molecule has 11 heteroatoms. The normalized spacial score (nSPS) is 13.2. The minimum absolute atomic E-state index is 0.0360. The number of carbonyl (C=O) groups excluding carboxylic acids is 2. The zero-order chi connectivity index (χ0) is 22.7. The standard InChI is InChI=1S/C21H11F2N5O4/c1-10-17-18-16(9-24-19(17)27(25-10)15-7-11(22)6-12(23)8-15)20(29)26(21(18)30)13-2-4-14(5-3-13)28(31)32/h2-9H,1H3. The lowest BCUT2D eigenvalue weighted by Gasteiger charge is -2.13. The highest BCUT2D eigenvalue weighted by atomic mass is 19.1. The van der Waals surface area contributed by atoms with Crippen LogP contribution >= 0.6 is 0 Å². The van der Waals surface area contributed by atoms with Crippen molar-refractivity contribution in [3.8, 4) is 5.69 Å². The van der Waals surface area contributed by atoms with Crippen LogP contribution < -0.4 is 4.90 Å². The number of nitro benzene ring substituents is 1. The van der Waals surface area contributed by atoms with E-state index < -0.39 is 28.4 Å². The van der Waals surface area contributed by atoms with E-state index in [1.165, 1.54) is 35.1 Å². The Labute approximate surface area is 177 Å². The summed E-state index contributed by atoms with van der Waals surface area (Å²) in [4.78, 5) is 41.6. The molecule has 5 rings (SSSR count). The maximum atomic E-state index is 13.7. The molecule has 0 radical (unpaired) electrons. The van der Waals surface area contributed by atoms with E-state index in [1.54, 1.807) is 6.92 Å². The van der Waals surface area contributed by atoms with Crippen LogP contribution in [0.5, 0.6) is 0 Å². The van der Waals surface area contributed by atoms with E-state index >= 15 is 0 Å². The van der Waals surface area contributed by atoms with Crippen LogP contribution in [0.3, 0.4) is 0 Å². The van der Waals surface area contributed by atoms with Gasteiger partial charge in [-0.1, -0.05) is 0 Å². The monoisotopic (exact) mass is 435 g/mol. The molecule has 0 fully saturated rings. The van der Waals surface area contributed by atoms with Gasteiger partial charge in [0, 0.05) is 24.4 Å². The molecule has 0 saturated heterocycles. The smallest absolute Gasteiger partial charge is 0.268 e. The number of hydrogen-bond acceptors (Lipinski definition) is 6. The van der Waals surface area contributed by atoms with Gasteiger partial charge in [0.15, 0.2) is 5.65 Å². The number of hydrogen-bond donors (Lipinski definition) is 0. The van der Waals surface area contributed by atoms with Gasteiger partial charge in [-0.2, -0.15) is 5.10 Å². The van der Waals surface area contributed by atoms with E-state index in [0.717, 1.165) is 23.1 Å². The van der Waals surface area contributed by atoms with Gasteiger partial charge in [0.05, 0.1) is 38.5 Å². The van der Waals surface area contributed by atoms with Crippen LogP contribution in [0.2, 0.25) is 0 Å². The summed E-state index contributed by atoms with van der Waals surface area (Å²) in [6.45, 7) is 1.59. The molecule has 0 spiro atoms. The Bertz CT molecular complexity index is 1460. The topological polar surface area (TPSA) is 111 Å². The molecule has 0 N–H and O–H groups in total. The highest BCUT2D eigenvalue weighted by Gasteiger charge is 2.40. The zero-order valence-corrected chi connectivity index (χ0v) is 16.2. The Hall–Kier alpha value is -4.54. The molecular weight excluding hydrogens is 424 g/mol. The van der Waals surface area contributed by atoms with Gasteiger partial charge in [-0.3, -0.25) is 19.7 Å². The first-order valence-electron chi connectivity index (χ1n) is 9.24. The van der Waals surface area contributed by atoms with Gasteiger partial charge in [0.25, 0.3) is 17.5 Å². The average Bonchev–Trinajstić information content (AvgIpc) is 3.21. The number of anilines is 1. The average molecular weight is 435 g/mol. The molecule has 0 bridgehead atoms. The number of pyridine rings is 1. The van der Waals surface area contributed by atoms with Crippen LogP contribution in [-0.4, -0.2) is 31.5 Å². The van der Waals surface area contributed by atoms with Crippen molar-refractivity contribution in [2.45, 2.75) is 6.92 Å². The van der Waals surface area contributed by atoms with Crippen molar-refractivity contribution < 1.29 is 23.3 Å². The van der Waals surface area contributed by atoms with Crippen LogP contribution in [0.15, 0.2) is 48.7 Å². The third kappa shape index (κ3) is 2.75. The Morgan fingerprint density at radius 3 is 2.25 bits per heavy atom. The molecule has 158 valence electrons. The van der Waals surface area contributed by atoms with E-state index in [2.05, 4.69) is 10.1 Å². The number of nitro groups is 1. The van der Waals surface area contributed by atoms with Crippen molar-refractivity contribution in [2.24, 2.45) is 0 Å². The zero-order valence-electron chi connectivity index (χ0n) is 16.2. The lowest BCUT2D eigenvalue weighted by Crippen LogP contribution is -2.29. The molecule has 4 aromatic rings. The van der Waals surface area contributed by atoms with Gasteiger partial charge in [0.2, 0.25) is 0 Å². The summed E-state index contributed by atoms with van der Waals surface area (Å²) in [5.41, 5.74) is 0.615. The number of non-ortho nitro benzene ring substituents is 1. The Morgan fingerprint density at radius 1 is 0.969 bits per heavy atom. The van der Waals surface area contributed by atoms with Gasteiger partial charge in [-0.05, 0) is 31.2 Å². The minimum Gasteiger partial charge on any atom is -0.268 e. The molecule has 0 saturated carbocycles. The fourth-order valence-electron chi connectivity index (χ4n) is 3.76. The number of fused-ring (bicyclic) bond motifs is 3. The second-order valence-corrected chi connectivity index (χ2v) is 7.09. The summed E-state index contributed by atoms with van der Waals surface area (Å²) >= 11 is 0.